The molecule has 0 aliphatic carbocycles. The molecule has 0 saturated heterocycles. The zero-order valence-electron chi connectivity index (χ0n) is 16.7. The molecule has 146 valence electrons. The van der Waals surface area contributed by atoms with Crippen LogP contribution in [0.4, 0.5) is 23.1 Å². The van der Waals surface area contributed by atoms with Gasteiger partial charge < -0.3 is 24.8 Å². The van der Waals surface area contributed by atoms with Crippen molar-refractivity contribution >= 4 is 23.1 Å². The molecule has 2 N–H and O–H groups in total. The van der Waals surface area contributed by atoms with Crippen LogP contribution in [-0.4, -0.2) is 31.3 Å². The topological polar surface area (TPSA) is 77.5 Å². The first-order valence-corrected chi connectivity index (χ1v) is 8.78. The average Bonchev–Trinajstić information content (AvgIpc) is 2.69. The molecule has 7 heteroatoms. The van der Waals surface area contributed by atoms with Crippen molar-refractivity contribution in [2.45, 2.75) is 13.8 Å². The number of ether oxygens (including phenoxy) is 3. The summed E-state index contributed by atoms with van der Waals surface area (Å²) in [5, 5.41) is 6.51. The lowest BCUT2D eigenvalue weighted by Crippen LogP contribution is -2.02. The maximum absolute atomic E-state index is 5.38. The first-order chi connectivity index (χ1) is 13.5. The van der Waals surface area contributed by atoms with Gasteiger partial charge in [-0.2, -0.15) is 4.98 Å². The Bertz CT molecular complexity index is 951. The van der Waals surface area contributed by atoms with Crippen LogP contribution in [0, 0.1) is 13.8 Å². The van der Waals surface area contributed by atoms with Gasteiger partial charge in [0.1, 0.15) is 5.82 Å². The molecule has 1 aromatic heterocycles. The second-order valence-electron chi connectivity index (χ2n) is 6.25. The molecule has 3 rings (SSSR count). The highest BCUT2D eigenvalue weighted by atomic mass is 16.5. The molecule has 3 aromatic rings. The molecule has 0 fully saturated rings. The standard InChI is InChI=1S/C21H24N4O3/c1-13-6-7-16(14(2)10-13)24-19-8-9-22-21(25-19)23-15-11-17(26-3)20(28-5)18(12-15)27-4/h6-12H,1-5H3,(H2,22,23,24,25). The van der Waals surface area contributed by atoms with Crippen LogP contribution in [0.25, 0.3) is 0 Å². The summed E-state index contributed by atoms with van der Waals surface area (Å²) >= 11 is 0. The van der Waals surface area contributed by atoms with Gasteiger partial charge in [-0.15, -0.1) is 0 Å². The summed E-state index contributed by atoms with van der Waals surface area (Å²) in [5.41, 5.74) is 4.09. The second kappa shape index (κ2) is 8.47. The van der Waals surface area contributed by atoms with E-state index in [0.29, 0.717) is 29.0 Å². The van der Waals surface area contributed by atoms with Gasteiger partial charge in [-0.05, 0) is 31.5 Å². The minimum atomic E-state index is 0.448. The summed E-state index contributed by atoms with van der Waals surface area (Å²) in [5.74, 6) is 2.77. The lowest BCUT2D eigenvalue weighted by Gasteiger charge is -2.15. The SMILES string of the molecule is COc1cc(Nc2nccc(Nc3ccc(C)cc3C)n2)cc(OC)c1OC. The van der Waals surface area contributed by atoms with Gasteiger partial charge in [0.15, 0.2) is 11.5 Å². The van der Waals surface area contributed by atoms with E-state index in [2.05, 4.69) is 46.6 Å². The summed E-state index contributed by atoms with van der Waals surface area (Å²) in [7, 11) is 4.72. The number of hydrogen-bond donors (Lipinski definition) is 2. The average molecular weight is 380 g/mol. The Morgan fingerprint density at radius 2 is 1.54 bits per heavy atom. The number of aryl methyl sites for hydroxylation is 2. The Hall–Kier alpha value is -3.48. The number of aromatic nitrogens is 2. The van der Waals surface area contributed by atoms with Gasteiger partial charge in [0, 0.05) is 29.7 Å². The van der Waals surface area contributed by atoms with Crippen molar-refractivity contribution in [1.29, 1.82) is 0 Å². The van der Waals surface area contributed by atoms with Crippen LogP contribution in [0.2, 0.25) is 0 Å². The highest BCUT2D eigenvalue weighted by Crippen LogP contribution is 2.40. The molecular formula is C21H24N4O3. The Morgan fingerprint density at radius 1 is 0.821 bits per heavy atom. The summed E-state index contributed by atoms with van der Waals surface area (Å²) in [6.45, 7) is 4.13. The van der Waals surface area contributed by atoms with Crippen LogP contribution in [0.3, 0.4) is 0 Å². The molecule has 0 saturated carbocycles. The maximum Gasteiger partial charge on any atom is 0.229 e. The molecule has 0 aliphatic rings. The molecule has 0 aliphatic heterocycles. The first kappa shape index (κ1) is 19.3. The summed E-state index contributed by atoms with van der Waals surface area (Å²) in [4.78, 5) is 8.83. The quantitative estimate of drug-likeness (QED) is 0.620. The lowest BCUT2D eigenvalue weighted by molar-refractivity contribution is 0.324. The minimum absolute atomic E-state index is 0.448. The van der Waals surface area contributed by atoms with Crippen molar-refractivity contribution in [3.05, 3.63) is 53.7 Å². The Labute approximate surface area is 164 Å². The van der Waals surface area contributed by atoms with Gasteiger partial charge in [-0.1, -0.05) is 17.7 Å². The summed E-state index contributed by atoms with van der Waals surface area (Å²) in [6.07, 6.45) is 1.69. The number of nitrogens with one attached hydrogen (secondary N) is 2. The lowest BCUT2D eigenvalue weighted by atomic mass is 10.1. The second-order valence-corrected chi connectivity index (χ2v) is 6.25. The zero-order chi connectivity index (χ0) is 20.1. The van der Waals surface area contributed by atoms with E-state index in [1.54, 1.807) is 39.7 Å². The molecule has 1 heterocycles. The van der Waals surface area contributed by atoms with Crippen LogP contribution < -0.4 is 24.8 Å². The first-order valence-electron chi connectivity index (χ1n) is 8.78. The molecule has 7 nitrogen and oxygen atoms in total. The molecule has 0 radical (unpaired) electrons. The third-order valence-electron chi connectivity index (χ3n) is 4.22. The fraction of sp³-hybridized carbons (Fsp3) is 0.238. The van der Waals surface area contributed by atoms with Crippen molar-refractivity contribution in [2.24, 2.45) is 0 Å². The van der Waals surface area contributed by atoms with E-state index in [4.69, 9.17) is 14.2 Å². The molecule has 2 aromatic carbocycles. The van der Waals surface area contributed by atoms with Crippen LogP contribution >= 0.6 is 0 Å². The Balaban J connectivity index is 1.85. The van der Waals surface area contributed by atoms with Gasteiger partial charge >= 0.3 is 0 Å². The van der Waals surface area contributed by atoms with E-state index < -0.39 is 0 Å². The highest BCUT2D eigenvalue weighted by Gasteiger charge is 2.14. The molecule has 0 unspecified atom stereocenters. The van der Waals surface area contributed by atoms with Crippen LogP contribution in [-0.2, 0) is 0 Å². The van der Waals surface area contributed by atoms with Crippen molar-refractivity contribution in [1.82, 2.24) is 9.97 Å². The number of benzene rings is 2. The maximum atomic E-state index is 5.38. The van der Waals surface area contributed by atoms with Crippen molar-refractivity contribution in [3.63, 3.8) is 0 Å². The monoisotopic (exact) mass is 380 g/mol. The van der Waals surface area contributed by atoms with E-state index in [-0.39, 0.29) is 0 Å². The third-order valence-corrected chi connectivity index (χ3v) is 4.22. The van der Waals surface area contributed by atoms with Crippen LogP contribution in [0.5, 0.6) is 17.2 Å². The van der Waals surface area contributed by atoms with Crippen molar-refractivity contribution in [3.8, 4) is 17.2 Å². The van der Waals surface area contributed by atoms with Crippen LogP contribution in [0.15, 0.2) is 42.6 Å². The van der Waals surface area contributed by atoms with E-state index in [1.807, 2.05) is 12.1 Å². The molecular weight excluding hydrogens is 356 g/mol. The smallest absolute Gasteiger partial charge is 0.229 e. The predicted molar refractivity (Wildman–Crippen MR) is 111 cm³/mol. The number of nitrogens with zero attached hydrogens (tertiary/aromatic N) is 2. The Kier molecular flexibility index (Phi) is 5.84. The molecule has 0 amide bonds. The van der Waals surface area contributed by atoms with Gasteiger partial charge in [-0.3, -0.25) is 0 Å². The number of rotatable bonds is 7. The van der Waals surface area contributed by atoms with E-state index >= 15 is 0 Å². The number of methoxy groups -OCH3 is 3. The van der Waals surface area contributed by atoms with Crippen molar-refractivity contribution < 1.29 is 14.2 Å². The normalized spacial score (nSPS) is 10.3. The summed E-state index contributed by atoms with van der Waals surface area (Å²) < 4.78 is 16.1. The van der Waals surface area contributed by atoms with Gasteiger partial charge in [0.05, 0.1) is 21.3 Å². The molecule has 0 bridgehead atoms. The molecule has 0 atom stereocenters. The number of anilines is 4. The molecule has 28 heavy (non-hydrogen) atoms. The minimum Gasteiger partial charge on any atom is -0.493 e. The van der Waals surface area contributed by atoms with Gasteiger partial charge in [0.2, 0.25) is 11.7 Å². The fourth-order valence-electron chi connectivity index (χ4n) is 2.86. The number of hydrogen-bond acceptors (Lipinski definition) is 7. The van der Waals surface area contributed by atoms with Crippen LogP contribution in [0.1, 0.15) is 11.1 Å². The largest absolute Gasteiger partial charge is 0.493 e. The summed E-state index contributed by atoms with van der Waals surface area (Å²) in [6, 6.07) is 11.6. The van der Waals surface area contributed by atoms with E-state index in [9.17, 15) is 0 Å². The predicted octanol–water partition coefficient (Wildman–Crippen LogP) is 4.61. The highest BCUT2D eigenvalue weighted by molar-refractivity contribution is 5.67. The zero-order valence-corrected chi connectivity index (χ0v) is 16.7. The van der Waals surface area contributed by atoms with Crippen molar-refractivity contribution in [2.75, 3.05) is 32.0 Å². The molecule has 0 spiro atoms. The van der Waals surface area contributed by atoms with E-state index in [0.717, 1.165) is 16.9 Å². The van der Waals surface area contributed by atoms with E-state index in [1.165, 1.54) is 5.56 Å². The third kappa shape index (κ3) is 4.25. The fourth-order valence-corrected chi connectivity index (χ4v) is 2.86. The van der Waals surface area contributed by atoms with Gasteiger partial charge in [0.25, 0.3) is 0 Å². The van der Waals surface area contributed by atoms with Gasteiger partial charge in [-0.25, -0.2) is 4.98 Å². The Morgan fingerprint density at radius 3 is 2.14 bits per heavy atom.